The summed E-state index contributed by atoms with van der Waals surface area (Å²) in [6.45, 7) is 8.38. The predicted octanol–water partition coefficient (Wildman–Crippen LogP) is 1.65. The van der Waals surface area contributed by atoms with Gasteiger partial charge in [-0.25, -0.2) is 0 Å². The Hall–Kier alpha value is -2.90. The molecule has 2 amide bonds. The molecular formula is C23H30N4O3. The monoisotopic (exact) mass is 410 g/mol. The van der Waals surface area contributed by atoms with Crippen molar-refractivity contribution in [3.05, 3.63) is 65.2 Å². The summed E-state index contributed by atoms with van der Waals surface area (Å²) in [5.41, 5.74) is 8.14. The molecule has 0 aliphatic carbocycles. The Balaban J connectivity index is 1.32. The van der Waals surface area contributed by atoms with E-state index in [9.17, 15) is 9.59 Å². The minimum atomic E-state index is -0.390. The molecule has 0 unspecified atom stereocenters. The highest BCUT2D eigenvalue weighted by Gasteiger charge is 2.19. The number of hydrazine groups is 1. The highest BCUT2D eigenvalue weighted by molar-refractivity contribution is 5.83. The standard InChI is InChI=1S/C23H30N4O3/c1-18-7-6-8-19(2)23(18)30-17-22(29)25-24-21(28)16-27-13-11-26(12-14-27)15-20-9-4-3-5-10-20/h3-10H,11-17H2,1-2H3,(H,24,28)(H,25,29). The fraction of sp³-hybridized carbons (Fsp3) is 0.391. The van der Waals surface area contributed by atoms with E-state index in [1.54, 1.807) is 0 Å². The van der Waals surface area contributed by atoms with Gasteiger partial charge in [-0.2, -0.15) is 0 Å². The molecule has 7 heteroatoms. The number of para-hydroxylation sites is 1. The number of ether oxygens (including phenoxy) is 1. The SMILES string of the molecule is Cc1cccc(C)c1OCC(=O)NNC(=O)CN1CCN(Cc2ccccc2)CC1. The molecule has 0 radical (unpaired) electrons. The van der Waals surface area contributed by atoms with Gasteiger partial charge < -0.3 is 4.74 Å². The number of carbonyl (C=O) groups is 2. The first-order chi connectivity index (χ1) is 14.5. The lowest BCUT2D eigenvalue weighted by Crippen LogP contribution is -2.52. The van der Waals surface area contributed by atoms with Crippen molar-refractivity contribution in [2.75, 3.05) is 39.3 Å². The van der Waals surface area contributed by atoms with Crippen molar-refractivity contribution in [1.29, 1.82) is 0 Å². The molecule has 30 heavy (non-hydrogen) atoms. The number of hydrogen-bond acceptors (Lipinski definition) is 5. The minimum absolute atomic E-state index is 0.149. The van der Waals surface area contributed by atoms with Crippen molar-refractivity contribution in [3.63, 3.8) is 0 Å². The largest absolute Gasteiger partial charge is 0.483 e. The second-order valence-electron chi connectivity index (χ2n) is 7.64. The van der Waals surface area contributed by atoms with Crippen LogP contribution in [0.5, 0.6) is 5.75 Å². The van der Waals surface area contributed by atoms with Crippen LogP contribution in [0.15, 0.2) is 48.5 Å². The number of piperazine rings is 1. The maximum atomic E-state index is 12.1. The van der Waals surface area contributed by atoms with E-state index < -0.39 is 5.91 Å². The zero-order valence-electron chi connectivity index (χ0n) is 17.7. The summed E-state index contributed by atoms with van der Waals surface area (Å²) >= 11 is 0. The van der Waals surface area contributed by atoms with Crippen LogP contribution < -0.4 is 15.6 Å². The van der Waals surface area contributed by atoms with Gasteiger partial charge >= 0.3 is 0 Å². The van der Waals surface area contributed by atoms with Crippen LogP contribution in [0.4, 0.5) is 0 Å². The Labute approximate surface area is 178 Å². The van der Waals surface area contributed by atoms with E-state index in [1.165, 1.54) is 5.56 Å². The van der Waals surface area contributed by atoms with Crippen LogP contribution >= 0.6 is 0 Å². The van der Waals surface area contributed by atoms with E-state index in [2.05, 4.69) is 44.9 Å². The van der Waals surface area contributed by atoms with Crippen molar-refractivity contribution < 1.29 is 14.3 Å². The molecule has 0 bridgehead atoms. The zero-order valence-corrected chi connectivity index (χ0v) is 17.7. The van der Waals surface area contributed by atoms with Gasteiger partial charge in [-0.3, -0.25) is 30.2 Å². The molecule has 1 aliphatic rings. The normalized spacial score (nSPS) is 14.9. The number of benzene rings is 2. The molecular weight excluding hydrogens is 380 g/mol. The molecule has 0 spiro atoms. The molecule has 160 valence electrons. The fourth-order valence-electron chi connectivity index (χ4n) is 3.53. The number of amides is 2. The highest BCUT2D eigenvalue weighted by Crippen LogP contribution is 2.21. The first-order valence-electron chi connectivity index (χ1n) is 10.3. The third-order valence-electron chi connectivity index (χ3n) is 5.18. The van der Waals surface area contributed by atoms with Gasteiger partial charge in [0, 0.05) is 32.7 Å². The summed E-state index contributed by atoms with van der Waals surface area (Å²) < 4.78 is 5.59. The van der Waals surface area contributed by atoms with Gasteiger partial charge in [-0.15, -0.1) is 0 Å². The van der Waals surface area contributed by atoms with Crippen LogP contribution in [0.3, 0.4) is 0 Å². The second kappa shape index (κ2) is 10.8. The molecule has 1 fully saturated rings. The topological polar surface area (TPSA) is 73.9 Å². The first-order valence-corrected chi connectivity index (χ1v) is 10.3. The van der Waals surface area contributed by atoms with E-state index >= 15 is 0 Å². The average Bonchev–Trinajstić information content (AvgIpc) is 2.74. The van der Waals surface area contributed by atoms with Crippen molar-refractivity contribution in [2.45, 2.75) is 20.4 Å². The summed E-state index contributed by atoms with van der Waals surface area (Å²) in [6.07, 6.45) is 0. The molecule has 2 aromatic rings. The van der Waals surface area contributed by atoms with Crippen LogP contribution in [0, 0.1) is 13.8 Å². The molecule has 1 saturated heterocycles. The molecule has 0 atom stereocenters. The lowest BCUT2D eigenvalue weighted by molar-refractivity contribution is -0.130. The maximum Gasteiger partial charge on any atom is 0.276 e. The third kappa shape index (κ3) is 6.57. The lowest BCUT2D eigenvalue weighted by Gasteiger charge is -2.34. The fourth-order valence-corrected chi connectivity index (χ4v) is 3.53. The molecule has 0 saturated carbocycles. The molecule has 2 aromatic carbocycles. The van der Waals surface area contributed by atoms with Gasteiger partial charge in [-0.1, -0.05) is 48.5 Å². The highest BCUT2D eigenvalue weighted by atomic mass is 16.5. The smallest absolute Gasteiger partial charge is 0.276 e. The van der Waals surface area contributed by atoms with Crippen molar-refractivity contribution in [2.24, 2.45) is 0 Å². The van der Waals surface area contributed by atoms with Gasteiger partial charge in [-0.05, 0) is 30.5 Å². The maximum absolute atomic E-state index is 12.1. The Morgan fingerprint density at radius 3 is 2.10 bits per heavy atom. The second-order valence-corrected chi connectivity index (χ2v) is 7.64. The molecule has 1 heterocycles. The summed E-state index contributed by atoms with van der Waals surface area (Å²) in [5.74, 6) is 0.0814. The number of aryl methyl sites for hydroxylation is 2. The summed E-state index contributed by atoms with van der Waals surface area (Å²) in [7, 11) is 0. The molecule has 7 nitrogen and oxygen atoms in total. The molecule has 0 aromatic heterocycles. The van der Waals surface area contributed by atoms with E-state index in [0.717, 1.165) is 43.9 Å². The summed E-state index contributed by atoms with van der Waals surface area (Å²) in [5, 5.41) is 0. The van der Waals surface area contributed by atoms with Crippen molar-refractivity contribution >= 4 is 11.8 Å². The zero-order chi connectivity index (χ0) is 21.3. The van der Waals surface area contributed by atoms with Gasteiger partial charge in [0.2, 0.25) is 0 Å². The van der Waals surface area contributed by atoms with Crippen LogP contribution in [0.25, 0.3) is 0 Å². The van der Waals surface area contributed by atoms with Crippen molar-refractivity contribution in [1.82, 2.24) is 20.7 Å². The van der Waals surface area contributed by atoms with E-state index in [-0.39, 0.29) is 19.1 Å². The number of hydrogen-bond donors (Lipinski definition) is 2. The first kappa shape index (κ1) is 21.8. The van der Waals surface area contributed by atoms with Gasteiger partial charge in [0.1, 0.15) is 5.75 Å². The van der Waals surface area contributed by atoms with E-state index in [0.29, 0.717) is 5.75 Å². The number of nitrogens with zero attached hydrogens (tertiary/aromatic N) is 2. The Morgan fingerprint density at radius 2 is 1.43 bits per heavy atom. The Morgan fingerprint density at radius 1 is 0.833 bits per heavy atom. The van der Waals surface area contributed by atoms with Crippen LogP contribution in [0.1, 0.15) is 16.7 Å². The average molecular weight is 411 g/mol. The summed E-state index contributed by atoms with van der Waals surface area (Å²) in [4.78, 5) is 28.6. The van der Waals surface area contributed by atoms with Gasteiger partial charge in [0.15, 0.2) is 6.61 Å². The van der Waals surface area contributed by atoms with Crippen LogP contribution in [0.2, 0.25) is 0 Å². The Kier molecular flexibility index (Phi) is 7.82. The van der Waals surface area contributed by atoms with Crippen LogP contribution in [-0.4, -0.2) is 60.9 Å². The van der Waals surface area contributed by atoms with Gasteiger partial charge in [0.05, 0.1) is 6.54 Å². The number of rotatable bonds is 7. The lowest BCUT2D eigenvalue weighted by atomic mass is 10.1. The minimum Gasteiger partial charge on any atom is -0.483 e. The van der Waals surface area contributed by atoms with E-state index in [4.69, 9.17) is 4.74 Å². The van der Waals surface area contributed by atoms with E-state index in [1.807, 2.05) is 38.1 Å². The molecule has 2 N–H and O–H groups in total. The predicted molar refractivity (Wildman–Crippen MR) is 116 cm³/mol. The van der Waals surface area contributed by atoms with Crippen LogP contribution in [-0.2, 0) is 16.1 Å². The third-order valence-corrected chi connectivity index (χ3v) is 5.18. The van der Waals surface area contributed by atoms with Crippen molar-refractivity contribution in [3.8, 4) is 5.75 Å². The number of carbonyl (C=O) groups excluding carboxylic acids is 2. The Bertz CT molecular complexity index is 829. The van der Waals surface area contributed by atoms with Gasteiger partial charge in [0.25, 0.3) is 11.8 Å². The summed E-state index contributed by atoms with van der Waals surface area (Å²) in [6, 6.07) is 16.2. The molecule has 1 aliphatic heterocycles. The number of nitrogens with one attached hydrogen (secondary N) is 2. The quantitative estimate of drug-likeness (QED) is 0.679. The molecule has 3 rings (SSSR count).